The van der Waals surface area contributed by atoms with Crippen molar-refractivity contribution < 1.29 is 9.53 Å². The lowest BCUT2D eigenvalue weighted by molar-refractivity contribution is -0.123. The Morgan fingerprint density at radius 1 is 1.11 bits per heavy atom. The van der Waals surface area contributed by atoms with E-state index >= 15 is 0 Å². The first-order valence-electron chi connectivity index (χ1n) is 7.62. The van der Waals surface area contributed by atoms with E-state index in [0.29, 0.717) is 0 Å². The topological polar surface area (TPSA) is 32.8 Å². The molecule has 0 unspecified atom stereocenters. The number of nitrogens with zero attached hydrogens (tertiary/aromatic N) is 2. The highest BCUT2D eigenvalue weighted by Crippen LogP contribution is 2.29. The van der Waals surface area contributed by atoms with Gasteiger partial charge in [-0.15, -0.1) is 0 Å². The fraction of sp³-hybridized carbons (Fsp3) is 0.933. The standard InChI is InChI=1S/C15H28N2O2/c1-14(2)11-16-5-7-17(8-6-16)12-15(13-18)3-9-19-10-4-15/h13-14H,3-12H2,1-2H3. The summed E-state index contributed by atoms with van der Waals surface area (Å²) in [5, 5.41) is 0. The maximum atomic E-state index is 11.5. The third-order valence-electron chi connectivity index (χ3n) is 4.37. The number of ether oxygens (including phenoxy) is 1. The average Bonchev–Trinajstić information content (AvgIpc) is 2.41. The molecule has 2 fully saturated rings. The minimum atomic E-state index is -0.140. The average molecular weight is 268 g/mol. The molecule has 0 bridgehead atoms. The Hall–Kier alpha value is -0.450. The monoisotopic (exact) mass is 268 g/mol. The normalized spacial score (nSPS) is 25.6. The summed E-state index contributed by atoms with van der Waals surface area (Å²) in [5.74, 6) is 0.739. The molecule has 0 amide bonds. The predicted molar refractivity (Wildman–Crippen MR) is 76.3 cm³/mol. The minimum Gasteiger partial charge on any atom is -0.381 e. The van der Waals surface area contributed by atoms with E-state index in [-0.39, 0.29) is 5.41 Å². The van der Waals surface area contributed by atoms with Gasteiger partial charge < -0.3 is 14.4 Å². The van der Waals surface area contributed by atoms with E-state index in [1.54, 1.807) is 0 Å². The Morgan fingerprint density at radius 2 is 1.68 bits per heavy atom. The van der Waals surface area contributed by atoms with Gasteiger partial charge in [0.2, 0.25) is 0 Å². The number of aldehydes is 1. The quantitative estimate of drug-likeness (QED) is 0.703. The molecule has 0 aromatic carbocycles. The summed E-state index contributed by atoms with van der Waals surface area (Å²) >= 11 is 0. The van der Waals surface area contributed by atoms with Crippen LogP contribution in [0.5, 0.6) is 0 Å². The minimum absolute atomic E-state index is 0.140. The number of rotatable bonds is 5. The molecule has 0 aliphatic carbocycles. The van der Waals surface area contributed by atoms with Crippen molar-refractivity contribution in [1.82, 2.24) is 9.80 Å². The molecule has 4 nitrogen and oxygen atoms in total. The third kappa shape index (κ3) is 4.26. The second-order valence-electron chi connectivity index (χ2n) is 6.56. The Bertz CT molecular complexity index is 280. The maximum absolute atomic E-state index is 11.5. The molecule has 0 N–H and O–H groups in total. The van der Waals surface area contributed by atoms with E-state index in [9.17, 15) is 4.79 Å². The van der Waals surface area contributed by atoms with Crippen LogP contribution in [0.15, 0.2) is 0 Å². The summed E-state index contributed by atoms with van der Waals surface area (Å²) in [6, 6.07) is 0. The fourth-order valence-electron chi connectivity index (χ4n) is 3.18. The Morgan fingerprint density at radius 3 is 2.21 bits per heavy atom. The molecule has 2 rings (SSSR count). The molecule has 2 heterocycles. The van der Waals surface area contributed by atoms with E-state index in [4.69, 9.17) is 4.74 Å². The molecule has 0 saturated carbocycles. The van der Waals surface area contributed by atoms with Gasteiger partial charge in [0, 0.05) is 57.9 Å². The number of carbonyl (C=O) groups excluding carboxylic acids is 1. The van der Waals surface area contributed by atoms with E-state index < -0.39 is 0 Å². The van der Waals surface area contributed by atoms with Gasteiger partial charge >= 0.3 is 0 Å². The Kier molecular flexibility index (Phi) is 5.37. The predicted octanol–water partition coefficient (Wildman–Crippen LogP) is 1.26. The third-order valence-corrected chi connectivity index (χ3v) is 4.37. The van der Waals surface area contributed by atoms with Crippen molar-refractivity contribution in [2.24, 2.45) is 11.3 Å². The molecule has 2 aliphatic rings. The SMILES string of the molecule is CC(C)CN1CCN(CC2(C=O)CCOCC2)CC1. The summed E-state index contributed by atoms with van der Waals surface area (Å²) in [4.78, 5) is 16.5. The fourth-order valence-corrected chi connectivity index (χ4v) is 3.18. The first-order chi connectivity index (χ1) is 9.13. The lowest BCUT2D eigenvalue weighted by Crippen LogP contribution is -2.51. The molecule has 0 aromatic rings. The lowest BCUT2D eigenvalue weighted by atomic mass is 9.81. The largest absolute Gasteiger partial charge is 0.381 e. The van der Waals surface area contributed by atoms with Gasteiger partial charge in [-0.05, 0) is 18.8 Å². The molecular formula is C15H28N2O2. The lowest BCUT2D eigenvalue weighted by Gasteiger charge is -2.41. The molecule has 0 radical (unpaired) electrons. The van der Waals surface area contributed by atoms with Crippen molar-refractivity contribution in [3.8, 4) is 0 Å². The zero-order chi connectivity index (χ0) is 13.7. The highest BCUT2D eigenvalue weighted by Gasteiger charge is 2.35. The number of hydrogen-bond acceptors (Lipinski definition) is 4. The maximum Gasteiger partial charge on any atom is 0.127 e. The summed E-state index contributed by atoms with van der Waals surface area (Å²) in [6.07, 6.45) is 2.97. The second-order valence-corrected chi connectivity index (χ2v) is 6.56. The summed E-state index contributed by atoms with van der Waals surface area (Å²) in [5.41, 5.74) is -0.140. The summed E-state index contributed by atoms with van der Waals surface area (Å²) in [6.45, 7) is 12.6. The van der Waals surface area contributed by atoms with Crippen molar-refractivity contribution in [3.63, 3.8) is 0 Å². The van der Waals surface area contributed by atoms with E-state index in [0.717, 1.165) is 64.7 Å². The summed E-state index contributed by atoms with van der Waals surface area (Å²) in [7, 11) is 0. The first-order valence-corrected chi connectivity index (χ1v) is 7.62. The highest BCUT2D eigenvalue weighted by molar-refractivity contribution is 5.60. The molecule has 0 atom stereocenters. The van der Waals surface area contributed by atoms with Gasteiger partial charge in [-0.3, -0.25) is 4.90 Å². The smallest absolute Gasteiger partial charge is 0.127 e. The number of piperazine rings is 1. The van der Waals surface area contributed by atoms with Crippen LogP contribution in [0, 0.1) is 11.3 Å². The Balaban J connectivity index is 1.79. The number of hydrogen-bond donors (Lipinski definition) is 0. The van der Waals surface area contributed by atoms with E-state index in [2.05, 4.69) is 23.6 Å². The van der Waals surface area contributed by atoms with Crippen molar-refractivity contribution in [2.75, 3.05) is 52.5 Å². The van der Waals surface area contributed by atoms with Gasteiger partial charge in [-0.1, -0.05) is 13.8 Å². The van der Waals surface area contributed by atoms with Crippen LogP contribution in [-0.4, -0.2) is 68.6 Å². The Labute approximate surface area is 117 Å². The van der Waals surface area contributed by atoms with Crippen molar-refractivity contribution in [3.05, 3.63) is 0 Å². The molecule has 0 spiro atoms. The van der Waals surface area contributed by atoms with Crippen molar-refractivity contribution >= 4 is 6.29 Å². The van der Waals surface area contributed by atoms with Crippen molar-refractivity contribution in [2.45, 2.75) is 26.7 Å². The highest BCUT2D eigenvalue weighted by atomic mass is 16.5. The van der Waals surface area contributed by atoms with Crippen LogP contribution < -0.4 is 0 Å². The van der Waals surface area contributed by atoms with Crippen LogP contribution in [0.25, 0.3) is 0 Å². The van der Waals surface area contributed by atoms with E-state index in [1.165, 1.54) is 12.8 Å². The van der Waals surface area contributed by atoms with Gasteiger partial charge in [0.05, 0.1) is 0 Å². The van der Waals surface area contributed by atoms with Gasteiger partial charge in [-0.25, -0.2) is 0 Å². The molecule has 2 aliphatic heterocycles. The molecule has 110 valence electrons. The van der Waals surface area contributed by atoms with Gasteiger partial charge in [-0.2, -0.15) is 0 Å². The van der Waals surface area contributed by atoms with Crippen molar-refractivity contribution in [1.29, 1.82) is 0 Å². The second kappa shape index (κ2) is 6.82. The number of carbonyl (C=O) groups is 1. The van der Waals surface area contributed by atoms with Crippen LogP contribution in [0.4, 0.5) is 0 Å². The van der Waals surface area contributed by atoms with Crippen LogP contribution in [0.2, 0.25) is 0 Å². The van der Waals surface area contributed by atoms with Crippen LogP contribution in [0.3, 0.4) is 0 Å². The van der Waals surface area contributed by atoms with Gasteiger partial charge in [0.1, 0.15) is 6.29 Å². The van der Waals surface area contributed by atoms with E-state index in [1.807, 2.05) is 0 Å². The van der Waals surface area contributed by atoms with Gasteiger partial charge in [0.15, 0.2) is 0 Å². The molecule has 19 heavy (non-hydrogen) atoms. The zero-order valence-electron chi connectivity index (χ0n) is 12.4. The van der Waals surface area contributed by atoms with Crippen LogP contribution >= 0.6 is 0 Å². The zero-order valence-corrected chi connectivity index (χ0v) is 12.4. The first kappa shape index (κ1) is 14.9. The molecule has 2 saturated heterocycles. The summed E-state index contributed by atoms with van der Waals surface area (Å²) < 4.78 is 5.39. The molecule has 4 heteroatoms. The van der Waals surface area contributed by atoms with Crippen LogP contribution in [-0.2, 0) is 9.53 Å². The van der Waals surface area contributed by atoms with Crippen LogP contribution in [0.1, 0.15) is 26.7 Å². The molecule has 0 aromatic heterocycles. The van der Waals surface area contributed by atoms with Gasteiger partial charge in [0.25, 0.3) is 0 Å². The molecular weight excluding hydrogens is 240 g/mol.